The molecule has 120 valence electrons. The van der Waals surface area contributed by atoms with E-state index >= 15 is 0 Å². The highest BCUT2D eigenvalue weighted by molar-refractivity contribution is 5.25. The van der Waals surface area contributed by atoms with Crippen molar-refractivity contribution in [2.24, 2.45) is 0 Å². The van der Waals surface area contributed by atoms with Gasteiger partial charge in [-0.05, 0) is 31.6 Å². The smallest absolute Gasteiger partial charge is 0.313 e. The van der Waals surface area contributed by atoms with E-state index in [1.54, 1.807) is 19.2 Å². The first-order chi connectivity index (χ1) is 9.81. The second-order valence-electron chi connectivity index (χ2n) is 5.21. The maximum atomic E-state index is 13.7. The van der Waals surface area contributed by atoms with Gasteiger partial charge in [-0.25, -0.2) is 4.39 Å². The average molecular weight is 306 g/mol. The molecule has 0 unspecified atom stereocenters. The predicted molar refractivity (Wildman–Crippen MR) is 75.4 cm³/mol. The van der Waals surface area contributed by atoms with Crippen molar-refractivity contribution in [1.82, 2.24) is 10.2 Å². The van der Waals surface area contributed by atoms with Gasteiger partial charge < -0.3 is 10.2 Å². The van der Waals surface area contributed by atoms with Gasteiger partial charge in [0.15, 0.2) is 0 Å². The van der Waals surface area contributed by atoms with E-state index in [4.69, 9.17) is 0 Å². The quantitative estimate of drug-likeness (QED) is 0.582. The third kappa shape index (κ3) is 7.43. The van der Waals surface area contributed by atoms with Gasteiger partial charge in [0.25, 0.3) is 0 Å². The van der Waals surface area contributed by atoms with Gasteiger partial charge in [-0.3, -0.25) is 0 Å². The SMILES string of the molecule is CCCNCc1ccc(F)c(CN(C)CCC(F)(F)F)c1. The molecule has 0 saturated carbocycles. The van der Waals surface area contributed by atoms with E-state index in [-0.39, 0.29) is 18.9 Å². The molecule has 0 fully saturated rings. The van der Waals surface area contributed by atoms with Crippen molar-refractivity contribution in [3.8, 4) is 0 Å². The molecule has 0 bridgehead atoms. The van der Waals surface area contributed by atoms with Crippen LogP contribution in [-0.2, 0) is 13.1 Å². The fraction of sp³-hybridized carbons (Fsp3) is 0.600. The summed E-state index contributed by atoms with van der Waals surface area (Å²) in [4.78, 5) is 1.48. The lowest BCUT2D eigenvalue weighted by atomic mass is 10.1. The standard InChI is InChI=1S/C15H22F4N2/c1-3-7-20-10-12-4-5-14(16)13(9-12)11-21(2)8-6-15(17,18)19/h4-5,9,20H,3,6-8,10-11H2,1-2H3. The minimum absolute atomic E-state index is 0.138. The Kier molecular flexibility index (Phi) is 7.11. The summed E-state index contributed by atoms with van der Waals surface area (Å²) in [5, 5.41) is 3.21. The fourth-order valence-electron chi connectivity index (χ4n) is 1.96. The molecule has 1 rings (SSSR count). The molecule has 0 amide bonds. The molecule has 0 atom stereocenters. The molecule has 2 nitrogen and oxygen atoms in total. The first-order valence-corrected chi connectivity index (χ1v) is 7.05. The van der Waals surface area contributed by atoms with Gasteiger partial charge in [-0.15, -0.1) is 0 Å². The van der Waals surface area contributed by atoms with Gasteiger partial charge in [-0.1, -0.05) is 19.1 Å². The van der Waals surface area contributed by atoms with Crippen LogP contribution in [0.4, 0.5) is 17.6 Å². The van der Waals surface area contributed by atoms with E-state index in [1.165, 1.54) is 11.0 Å². The summed E-state index contributed by atoms with van der Waals surface area (Å²) in [5.41, 5.74) is 1.36. The number of nitrogens with one attached hydrogen (secondary N) is 1. The second kappa shape index (κ2) is 8.34. The van der Waals surface area contributed by atoms with E-state index in [0.717, 1.165) is 18.5 Å². The summed E-state index contributed by atoms with van der Waals surface area (Å²) in [6.45, 7) is 3.59. The zero-order chi connectivity index (χ0) is 15.9. The lowest BCUT2D eigenvalue weighted by Crippen LogP contribution is -2.24. The molecule has 6 heteroatoms. The summed E-state index contributed by atoms with van der Waals surface area (Å²) in [6.07, 6.45) is -4.06. The Hall–Kier alpha value is -1.14. The monoisotopic (exact) mass is 306 g/mol. The van der Waals surface area contributed by atoms with E-state index in [0.29, 0.717) is 12.1 Å². The van der Waals surface area contributed by atoms with Crippen molar-refractivity contribution in [3.63, 3.8) is 0 Å². The predicted octanol–water partition coefficient (Wildman–Crippen LogP) is 3.71. The molecule has 0 saturated heterocycles. The van der Waals surface area contributed by atoms with Gasteiger partial charge >= 0.3 is 6.18 Å². The number of nitrogens with zero attached hydrogens (tertiary/aromatic N) is 1. The van der Waals surface area contributed by atoms with Crippen LogP contribution in [0.15, 0.2) is 18.2 Å². The molecule has 21 heavy (non-hydrogen) atoms. The van der Waals surface area contributed by atoms with E-state index in [1.807, 2.05) is 0 Å². The lowest BCUT2D eigenvalue weighted by Gasteiger charge is -2.18. The van der Waals surface area contributed by atoms with Crippen LogP contribution < -0.4 is 5.32 Å². The number of halogens is 4. The van der Waals surface area contributed by atoms with Crippen molar-refractivity contribution in [2.45, 2.75) is 39.0 Å². The van der Waals surface area contributed by atoms with Crippen LogP contribution in [-0.4, -0.2) is 31.2 Å². The molecule has 1 aromatic carbocycles. The topological polar surface area (TPSA) is 15.3 Å². The van der Waals surface area contributed by atoms with Crippen molar-refractivity contribution < 1.29 is 17.6 Å². The van der Waals surface area contributed by atoms with Crippen LogP contribution in [0, 0.1) is 5.82 Å². The summed E-state index contributed by atoms with van der Waals surface area (Å²) in [6, 6.07) is 4.77. The van der Waals surface area contributed by atoms with E-state index in [2.05, 4.69) is 12.2 Å². The highest BCUT2D eigenvalue weighted by Gasteiger charge is 2.27. The Morgan fingerprint density at radius 3 is 2.57 bits per heavy atom. The molecule has 1 aromatic rings. The van der Waals surface area contributed by atoms with Crippen LogP contribution in [0.25, 0.3) is 0 Å². The number of benzene rings is 1. The molecule has 0 aromatic heterocycles. The maximum Gasteiger partial charge on any atom is 0.390 e. The van der Waals surface area contributed by atoms with Crippen LogP contribution in [0.5, 0.6) is 0 Å². The van der Waals surface area contributed by atoms with Crippen molar-refractivity contribution in [1.29, 1.82) is 0 Å². The highest BCUT2D eigenvalue weighted by atomic mass is 19.4. The van der Waals surface area contributed by atoms with Crippen molar-refractivity contribution in [3.05, 3.63) is 35.1 Å². The summed E-state index contributed by atoms with van der Waals surface area (Å²) in [7, 11) is 1.56. The minimum Gasteiger partial charge on any atom is -0.313 e. The van der Waals surface area contributed by atoms with Crippen LogP contribution in [0.3, 0.4) is 0 Å². The number of hydrogen-bond acceptors (Lipinski definition) is 2. The second-order valence-corrected chi connectivity index (χ2v) is 5.21. The number of rotatable bonds is 8. The molecule has 0 aliphatic heterocycles. The fourth-order valence-corrected chi connectivity index (χ4v) is 1.96. The molecule has 0 aliphatic rings. The highest BCUT2D eigenvalue weighted by Crippen LogP contribution is 2.20. The molecule has 0 heterocycles. The first-order valence-electron chi connectivity index (χ1n) is 7.05. The molecule has 1 N–H and O–H groups in total. The molecule has 0 radical (unpaired) electrons. The zero-order valence-corrected chi connectivity index (χ0v) is 12.4. The van der Waals surface area contributed by atoms with Gasteiger partial charge in [0.2, 0.25) is 0 Å². The van der Waals surface area contributed by atoms with Gasteiger partial charge in [-0.2, -0.15) is 13.2 Å². The third-order valence-electron chi connectivity index (χ3n) is 3.08. The lowest BCUT2D eigenvalue weighted by molar-refractivity contribution is -0.137. The largest absolute Gasteiger partial charge is 0.390 e. The van der Waals surface area contributed by atoms with E-state index < -0.39 is 12.6 Å². The minimum atomic E-state index is -4.18. The first kappa shape index (κ1) is 17.9. The van der Waals surface area contributed by atoms with E-state index in [9.17, 15) is 17.6 Å². The maximum absolute atomic E-state index is 13.7. The van der Waals surface area contributed by atoms with Gasteiger partial charge in [0.1, 0.15) is 5.82 Å². The Balaban J connectivity index is 2.58. The van der Waals surface area contributed by atoms with Crippen LogP contribution >= 0.6 is 0 Å². The molecular formula is C15H22F4N2. The van der Waals surface area contributed by atoms with Crippen molar-refractivity contribution >= 4 is 0 Å². The Labute approximate surface area is 123 Å². The van der Waals surface area contributed by atoms with Gasteiger partial charge in [0.05, 0.1) is 6.42 Å². The Bertz CT molecular complexity index is 432. The normalized spacial score (nSPS) is 12.1. The molecule has 0 aliphatic carbocycles. The Morgan fingerprint density at radius 1 is 1.24 bits per heavy atom. The number of alkyl halides is 3. The average Bonchev–Trinajstić information content (AvgIpc) is 2.40. The van der Waals surface area contributed by atoms with Gasteiger partial charge in [0, 0.05) is 25.2 Å². The summed E-state index contributed by atoms with van der Waals surface area (Å²) in [5.74, 6) is -0.381. The van der Waals surface area contributed by atoms with Crippen LogP contribution in [0.2, 0.25) is 0 Å². The number of hydrogen-bond donors (Lipinski definition) is 1. The molecule has 0 spiro atoms. The van der Waals surface area contributed by atoms with Crippen LogP contribution in [0.1, 0.15) is 30.9 Å². The van der Waals surface area contributed by atoms with Crippen molar-refractivity contribution in [2.75, 3.05) is 20.1 Å². The Morgan fingerprint density at radius 2 is 1.95 bits per heavy atom. The summed E-state index contributed by atoms with van der Waals surface area (Å²) < 4.78 is 50.2. The third-order valence-corrected chi connectivity index (χ3v) is 3.08. The molecular weight excluding hydrogens is 284 g/mol. The summed E-state index contributed by atoms with van der Waals surface area (Å²) >= 11 is 0. The zero-order valence-electron chi connectivity index (χ0n) is 12.4.